The molecule has 0 aliphatic heterocycles. The second-order valence-electron chi connectivity index (χ2n) is 4.37. The third-order valence-corrected chi connectivity index (χ3v) is 3.05. The molecule has 0 amide bonds. The number of halogens is 2. The van der Waals surface area contributed by atoms with Gasteiger partial charge in [-0.05, 0) is 18.2 Å². The van der Waals surface area contributed by atoms with Crippen molar-refractivity contribution in [2.75, 3.05) is 18.0 Å². The van der Waals surface area contributed by atoms with E-state index in [9.17, 15) is 4.39 Å². The van der Waals surface area contributed by atoms with Crippen molar-refractivity contribution in [1.82, 2.24) is 9.97 Å². The average Bonchev–Trinajstić information content (AvgIpc) is 2.50. The summed E-state index contributed by atoms with van der Waals surface area (Å²) >= 11 is 5.94. The highest BCUT2D eigenvalue weighted by molar-refractivity contribution is 6.32. The zero-order chi connectivity index (χ0) is 15.9. The van der Waals surface area contributed by atoms with E-state index in [1.54, 1.807) is 18.2 Å². The number of ether oxygens (including phenoxy) is 1. The Morgan fingerprint density at radius 3 is 2.55 bits per heavy atom. The van der Waals surface area contributed by atoms with E-state index >= 15 is 0 Å². The van der Waals surface area contributed by atoms with Crippen LogP contribution in [-0.2, 0) is 0 Å². The maximum atomic E-state index is 13.0. The summed E-state index contributed by atoms with van der Waals surface area (Å²) in [6, 6.07) is 5.57. The first-order valence-electron chi connectivity index (χ1n) is 6.55. The van der Waals surface area contributed by atoms with Crippen LogP contribution in [0.25, 0.3) is 0 Å². The zero-order valence-electron chi connectivity index (χ0n) is 11.9. The molecular weight excluding hydrogens is 305 g/mol. The van der Waals surface area contributed by atoms with E-state index in [0.29, 0.717) is 30.5 Å². The van der Waals surface area contributed by atoms with E-state index in [1.165, 1.54) is 24.5 Å². The predicted octanol–water partition coefficient (Wildman–Crippen LogP) is 4.24. The lowest BCUT2D eigenvalue weighted by Crippen LogP contribution is -2.24. The molecule has 4 nitrogen and oxygen atoms in total. The van der Waals surface area contributed by atoms with Crippen molar-refractivity contribution >= 4 is 17.4 Å². The molecule has 0 saturated heterocycles. The molecule has 0 spiro atoms. The number of anilines is 1. The van der Waals surface area contributed by atoms with Gasteiger partial charge < -0.3 is 9.64 Å². The maximum absolute atomic E-state index is 13.0. The van der Waals surface area contributed by atoms with Gasteiger partial charge >= 0.3 is 0 Å². The Hall–Kier alpha value is -2.40. The lowest BCUT2D eigenvalue weighted by molar-refractivity contribution is 0.460. The van der Waals surface area contributed by atoms with Crippen LogP contribution in [0, 0.1) is 5.82 Å². The van der Waals surface area contributed by atoms with Crippen LogP contribution >= 0.6 is 11.6 Å². The normalized spacial score (nSPS) is 10.1. The second kappa shape index (κ2) is 7.56. The molecule has 2 rings (SSSR count). The van der Waals surface area contributed by atoms with Gasteiger partial charge in [-0.1, -0.05) is 23.8 Å². The Morgan fingerprint density at radius 2 is 1.91 bits per heavy atom. The molecule has 1 aromatic carbocycles. The number of hydrogen-bond donors (Lipinski definition) is 0. The zero-order valence-corrected chi connectivity index (χ0v) is 12.6. The molecule has 0 aliphatic rings. The van der Waals surface area contributed by atoms with Gasteiger partial charge in [0, 0.05) is 19.2 Å². The summed E-state index contributed by atoms with van der Waals surface area (Å²) in [5.74, 6) is 0.884. The van der Waals surface area contributed by atoms with E-state index in [-0.39, 0.29) is 5.02 Å². The minimum atomic E-state index is -0.427. The second-order valence-corrected chi connectivity index (χ2v) is 4.78. The van der Waals surface area contributed by atoms with Crippen molar-refractivity contribution in [1.29, 1.82) is 0 Å². The van der Waals surface area contributed by atoms with Crippen LogP contribution in [0.2, 0.25) is 5.02 Å². The Labute approximate surface area is 133 Å². The number of hydrogen-bond acceptors (Lipinski definition) is 4. The summed E-state index contributed by atoms with van der Waals surface area (Å²) < 4.78 is 18.6. The van der Waals surface area contributed by atoms with Crippen LogP contribution in [0.3, 0.4) is 0 Å². The highest BCUT2D eigenvalue weighted by atomic mass is 35.5. The molecule has 1 aromatic heterocycles. The van der Waals surface area contributed by atoms with Crippen LogP contribution in [-0.4, -0.2) is 23.1 Å². The van der Waals surface area contributed by atoms with Crippen LogP contribution in [0.15, 0.2) is 55.9 Å². The fourth-order valence-corrected chi connectivity index (χ4v) is 2.01. The molecule has 0 unspecified atom stereocenters. The average molecular weight is 320 g/mol. The third kappa shape index (κ3) is 4.05. The molecule has 0 atom stereocenters. The summed E-state index contributed by atoms with van der Waals surface area (Å²) in [7, 11) is 0. The Balaban J connectivity index is 2.23. The van der Waals surface area contributed by atoms with Crippen LogP contribution < -0.4 is 9.64 Å². The molecule has 0 saturated carbocycles. The van der Waals surface area contributed by atoms with Crippen LogP contribution in [0.5, 0.6) is 11.6 Å². The fourth-order valence-electron chi connectivity index (χ4n) is 1.80. The van der Waals surface area contributed by atoms with E-state index in [2.05, 4.69) is 23.1 Å². The molecule has 0 radical (unpaired) electrons. The Bertz CT molecular complexity index is 668. The van der Waals surface area contributed by atoms with Gasteiger partial charge in [-0.15, -0.1) is 13.2 Å². The highest BCUT2D eigenvalue weighted by Gasteiger charge is 2.09. The lowest BCUT2D eigenvalue weighted by atomic mass is 10.3. The number of aromatic nitrogens is 2. The Kier molecular flexibility index (Phi) is 5.49. The fraction of sp³-hybridized carbons (Fsp3) is 0.125. The van der Waals surface area contributed by atoms with Crippen molar-refractivity contribution in [2.24, 2.45) is 0 Å². The first-order chi connectivity index (χ1) is 10.6. The van der Waals surface area contributed by atoms with Crippen molar-refractivity contribution in [2.45, 2.75) is 0 Å². The van der Waals surface area contributed by atoms with Crippen LogP contribution in [0.4, 0.5) is 10.2 Å². The van der Waals surface area contributed by atoms with Crippen molar-refractivity contribution in [3.8, 4) is 11.6 Å². The predicted molar refractivity (Wildman–Crippen MR) is 86.1 cm³/mol. The number of rotatable bonds is 7. The van der Waals surface area contributed by atoms with Crippen LogP contribution in [0.1, 0.15) is 0 Å². The molecule has 114 valence electrons. The van der Waals surface area contributed by atoms with Gasteiger partial charge in [0.05, 0.1) is 5.02 Å². The van der Waals surface area contributed by atoms with E-state index < -0.39 is 5.82 Å². The number of benzene rings is 1. The molecular formula is C16H15ClFN3O. The van der Waals surface area contributed by atoms with Gasteiger partial charge in [0.25, 0.3) is 0 Å². The summed E-state index contributed by atoms with van der Waals surface area (Å²) in [6.07, 6.45) is 4.92. The molecule has 6 heteroatoms. The summed E-state index contributed by atoms with van der Waals surface area (Å²) in [5.41, 5.74) is 0. The van der Waals surface area contributed by atoms with Gasteiger partial charge in [-0.2, -0.15) is 0 Å². The lowest BCUT2D eigenvalue weighted by Gasteiger charge is -2.20. The van der Waals surface area contributed by atoms with Gasteiger partial charge in [-0.3, -0.25) is 0 Å². The van der Waals surface area contributed by atoms with Gasteiger partial charge in [-0.25, -0.2) is 14.4 Å². The first kappa shape index (κ1) is 16.0. The van der Waals surface area contributed by atoms with Gasteiger partial charge in [0.1, 0.15) is 23.7 Å². The largest absolute Gasteiger partial charge is 0.437 e. The SMILES string of the molecule is C=CCN(CC=C)c1cc(Oc2ccc(F)cc2Cl)ncn1. The molecule has 2 aromatic rings. The Morgan fingerprint density at radius 1 is 1.18 bits per heavy atom. The molecule has 0 aliphatic carbocycles. The minimum Gasteiger partial charge on any atom is -0.437 e. The molecule has 0 fully saturated rings. The summed E-state index contributed by atoms with van der Waals surface area (Å²) in [5, 5.41) is 0.175. The third-order valence-electron chi connectivity index (χ3n) is 2.76. The minimum absolute atomic E-state index is 0.175. The molecule has 0 bridgehead atoms. The number of nitrogens with zero attached hydrogens (tertiary/aromatic N) is 3. The molecule has 0 N–H and O–H groups in total. The standard InChI is InChI=1S/C16H15ClFN3O/c1-3-7-21(8-4-2)15-10-16(20-11-19-15)22-14-6-5-12(18)9-13(14)17/h3-6,9-11H,1-2,7-8H2. The monoisotopic (exact) mass is 319 g/mol. The first-order valence-corrected chi connectivity index (χ1v) is 6.93. The van der Waals surface area contributed by atoms with Crippen molar-refractivity contribution < 1.29 is 9.13 Å². The van der Waals surface area contributed by atoms with E-state index in [0.717, 1.165) is 0 Å². The summed E-state index contributed by atoms with van der Waals surface area (Å²) in [4.78, 5) is 10.2. The highest BCUT2D eigenvalue weighted by Crippen LogP contribution is 2.29. The maximum Gasteiger partial charge on any atom is 0.224 e. The van der Waals surface area contributed by atoms with E-state index in [4.69, 9.17) is 16.3 Å². The molecule has 22 heavy (non-hydrogen) atoms. The van der Waals surface area contributed by atoms with Crippen molar-refractivity contribution in [3.63, 3.8) is 0 Å². The van der Waals surface area contributed by atoms with Crippen molar-refractivity contribution in [3.05, 3.63) is 66.7 Å². The molecule has 1 heterocycles. The van der Waals surface area contributed by atoms with Gasteiger partial charge in [0.2, 0.25) is 5.88 Å². The topological polar surface area (TPSA) is 38.2 Å². The van der Waals surface area contributed by atoms with Gasteiger partial charge in [0.15, 0.2) is 0 Å². The van der Waals surface area contributed by atoms with E-state index in [1.807, 2.05) is 4.90 Å². The summed E-state index contributed by atoms with van der Waals surface area (Å²) in [6.45, 7) is 8.65. The quantitative estimate of drug-likeness (QED) is 0.715. The smallest absolute Gasteiger partial charge is 0.224 e.